The summed E-state index contributed by atoms with van der Waals surface area (Å²) in [6, 6.07) is 8.60. The fraction of sp³-hybridized carbons (Fsp3) is 0.286. The largest absolute Gasteiger partial charge is 0.496 e. The van der Waals surface area contributed by atoms with Crippen molar-refractivity contribution in [3.05, 3.63) is 41.0 Å². The van der Waals surface area contributed by atoms with Crippen molar-refractivity contribution >= 4 is 10.8 Å². The van der Waals surface area contributed by atoms with Gasteiger partial charge >= 0.3 is 0 Å². The molecule has 0 aliphatic carbocycles. The molecule has 15 heavy (non-hydrogen) atoms. The van der Waals surface area contributed by atoms with E-state index < -0.39 is 0 Å². The van der Waals surface area contributed by atoms with Crippen molar-refractivity contribution < 1.29 is 4.74 Å². The number of rotatable bonds is 1. The molecular weight excluding hydrogens is 184 g/mol. The lowest BCUT2D eigenvalue weighted by atomic mass is 9.98. The van der Waals surface area contributed by atoms with Crippen molar-refractivity contribution in [3.8, 4) is 5.75 Å². The minimum absolute atomic E-state index is 1.01. The van der Waals surface area contributed by atoms with Crippen molar-refractivity contribution in [1.29, 1.82) is 0 Å². The van der Waals surface area contributed by atoms with E-state index in [1.165, 1.54) is 27.5 Å². The van der Waals surface area contributed by atoms with Crippen molar-refractivity contribution in [2.24, 2.45) is 0 Å². The molecule has 2 rings (SSSR count). The summed E-state index contributed by atoms with van der Waals surface area (Å²) < 4.78 is 5.42. The Kier molecular flexibility index (Phi) is 2.39. The second-order valence-electron chi connectivity index (χ2n) is 4.02. The Bertz CT molecular complexity index is 512. The lowest BCUT2D eigenvalue weighted by Crippen LogP contribution is -1.93. The molecule has 0 N–H and O–H groups in total. The van der Waals surface area contributed by atoms with Gasteiger partial charge in [-0.2, -0.15) is 0 Å². The van der Waals surface area contributed by atoms with E-state index in [1.54, 1.807) is 7.11 Å². The molecule has 1 heteroatoms. The van der Waals surface area contributed by atoms with E-state index in [2.05, 4.69) is 45.0 Å². The van der Waals surface area contributed by atoms with Crippen molar-refractivity contribution in [2.45, 2.75) is 20.8 Å². The van der Waals surface area contributed by atoms with E-state index in [-0.39, 0.29) is 0 Å². The second kappa shape index (κ2) is 3.58. The van der Waals surface area contributed by atoms with Gasteiger partial charge in [0.05, 0.1) is 7.11 Å². The molecule has 0 spiro atoms. The summed E-state index contributed by atoms with van der Waals surface area (Å²) in [5.41, 5.74) is 3.76. The van der Waals surface area contributed by atoms with E-state index in [0.29, 0.717) is 0 Å². The molecule has 0 bridgehead atoms. The summed E-state index contributed by atoms with van der Waals surface area (Å²) in [5.74, 6) is 1.01. The fourth-order valence-electron chi connectivity index (χ4n) is 2.21. The molecule has 0 aliphatic heterocycles. The minimum Gasteiger partial charge on any atom is -0.496 e. The standard InChI is InChI=1S/C14H16O/c1-9-6-5-7-12-11(3)14(15-4)10(2)8-13(9)12/h5-8H,1-4H3. The third-order valence-electron chi connectivity index (χ3n) is 2.99. The predicted octanol–water partition coefficient (Wildman–Crippen LogP) is 3.77. The molecule has 2 aromatic carbocycles. The van der Waals surface area contributed by atoms with Crippen LogP contribution >= 0.6 is 0 Å². The molecule has 0 amide bonds. The van der Waals surface area contributed by atoms with E-state index in [1.807, 2.05) is 0 Å². The first-order valence-corrected chi connectivity index (χ1v) is 5.18. The molecule has 0 unspecified atom stereocenters. The van der Waals surface area contributed by atoms with Crippen LogP contribution in [0.4, 0.5) is 0 Å². The highest BCUT2D eigenvalue weighted by atomic mass is 16.5. The zero-order valence-corrected chi connectivity index (χ0v) is 9.72. The molecule has 0 fully saturated rings. The Labute approximate surface area is 90.7 Å². The maximum Gasteiger partial charge on any atom is 0.125 e. The first kappa shape index (κ1) is 10.0. The highest BCUT2D eigenvalue weighted by Crippen LogP contribution is 2.32. The van der Waals surface area contributed by atoms with Crippen LogP contribution in [0.5, 0.6) is 5.75 Å². The Morgan fingerprint density at radius 3 is 2.33 bits per heavy atom. The summed E-state index contributed by atoms with van der Waals surface area (Å²) in [6.07, 6.45) is 0. The van der Waals surface area contributed by atoms with Gasteiger partial charge in [-0.1, -0.05) is 18.2 Å². The quantitative estimate of drug-likeness (QED) is 0.680. The lowest BCUT2D eigenvalue weighted by molar-refractivity contribution is 0.409. The van der Waals surface area contributed by atoms with Crippen LogP contribution in [0, 0.1) is 20.8 Å². The Hall–Kier alpha value is -1.50. The number of methoxy groups -OCH3 is 1. The molecule has 2 aromatic rings. The average molecular weight is 200 g/mol. The maximum absolute atomic E-state index is 5.42. The monoisotopic (exact) mass is 200 g/mol. The van der Waals surface area contributed by atoms with Crippen LogP contribution in [0.2, 0.25) is 0 Å². The van der Waals surface area contributed by atoms with Crippen LogP contribution in [-0.2, 0) is 0 Å². The van der Waals surface area contributed by atoms with Crippen molar-refractivity contribution in [3.63, 3.8) is 0 Å². The number of ether oxygens (including phenoxy) is 1. The lowest BCUT2D eigenvalue weighted by Gasteiger charge is -2.13. The minimum atomic E-state index is 1.01. The fourth-order valence-corrected chi connectivity index (χ4v) is 2.21. The highest BCUT2D eigenvalue weighted by Gasteiger charge is 2.08. The van der Waals surface area contributed by atoms with Gasteiger partial charge in [-0.25, -0.2) is 0 Å². The van der Waals surface area contributed by atoms with Gasteiger partial charge in [-0.3, -0.25) is 0 Å². The van der Waals surface area contributed by atoms with E-state index >= 15 is 0 Å². The van der Waals surface area contributed by atoms with E-state index in [4.69, 9.17) is 4.74 Å². The molecule has 0 saturated carbocycles. The Morgan fingerprint density at radius 1 is 0.933 bits per heavy atom. The molecule has 0 radical (unpaired) electrons. The van der Waals surface area contributed by atoms with E-state index in [9.17, 15) is 0 Å². The molecule has 0 saturated heterocycles. The van der Waals surface area contributed by atoms with Crippen LogP contribution in [0.1, 0.15) is 16.7 Å². The summed E-state index contributed by atoms with van der Waals surface area (Å²) in [4.78, 5) is 0. The first-order valence-electron chi connectivity index (χ1n) is 5.18. The van der Waals surface area contributed by atoms with Gasteiger partial charge in [0, 0.05) is 0 Å². The van der Waals surface area contributed by atoms with Gasteiger partial charge in [-0.05, 0) is 54.3 Å². The molecular formula is C14H16O. The summed E-state index contributed by atoms with van der Waals surface area (Å²) in [7, 11) is 1.73. The van der Waals surface area contributed by atoms with Crippen LogP contribution < -0.4 is 4.74 Å². The normalized spacial score (nSPS) is 10.7. The maximum atomic E-state index is 5.42. The number of hydrogen-bond donors (Lipinski definition) is 0. The van der Waals surface area contributed by atoms with Gasteiger partial charge < -0.3 is 4.74 Å². The molecule has 0 atom stereocenters. The van der Waals surface area contributed by atoms with Crippen LogP contribution in [0.15, 0.2) is 24.3 Å². The molecule has 0 aromatic heterocycles. The van der Waals surface area contributed by atoms with Gasteiger partial charge in [0.15, 0.2) is 0 Å². The van der Waals surface area contributed by atoms with Crippen molar-refractivity contribution in [2.75, 3.05) is 7.11 Å². The summed E-state index contributed by atoms with van der Waals surface area (Å²) >= 11 is 0. The topological polar surface area (TPSA) is 9.23 Å². The number of aryl methyl sites for hydroxylation is 3. The summed E-state index contributed by atoms with van der Waals surface area (Å²) in [5, 5.41) is 2.62. The Balaban J connectivity index is 2.91. The smallest absolute Gasteiger partial charge is 0.125 e. The number of benzene rings is 2. The molecule has 0 heterocycles. The van der Waals surface area contributed by atoms with Crippen LogP contribution in [0.3, 0.4) is 0 Å². The first-order chi connectivity index (χ1) is 7.15. The van der Waals surface area contributed by atoms with Gasteiger partial charge in [-0.15, -0.1) is 0 Å². The zero-order valence-electron chi connectivity index (χ0n) is 9.72. The highest BCUT2D eigenvalue weighted by molar-refractivity contribution is 5.91. The van der Waals surface area contributed by atoms with Gasteiger partial charge in [0.25, 0.3) is 0 Å². The SMILES string of the molecule is COc1c(C)cc2c(C)cccc2c1C. The van der Waals surface area contributed by atoms with Crippen LogP contribution in [0.25, 0.3) is 10.8 Å². The number of fused-ring (bicyclic) bond motifs is 1. The molecule has 78 valence electrons. The van der Waals surface area contributed by atoms with Gasteiger partial charge in [0.2, 0.25) is 0 Å². The average Bonchev–Trinajstić information content (AvgIpc) is 2.20. The van der Waals surface area contributed by atoms with Gasteiger partial charge in [0.1, 0.15) is 5.75 Å². The zero-order chi connectivity index (χ0) is 11.0. The van der Waals surface area contributed by atoms with E-state index in [0.717, 1.165) is 5.75 Å². The predicted molar refractivity (Wildman–Crippen MR) is 64.7 cm³/mol. The second-order valence-corrected chi connectivity index (χ2v) is 4.02. The van der Waals surface area contributed by atoms with Crippen molar-refractivity contribution in [1.82, 2.24) is 0 Å². The Morgan fingerprint density at radius 2 is 1.67 bits per heavy atom. The third-order valence-corrected chi connectivity index (χ3v) is 2.99. The molecule has 1 nitrogen and oxygen atoms in total. The number of hydrogen-bond acceptors (Lipinski definition) is 1. The van der Waals surface area contributed by atoms with Crippen LogP contribution in [-0.4, -0.2) is 7.11 Å². The summed E-state index contributed by atoms with van der Waals surface area (Å²) in [6.45, 7) is 6.36. The third kappa shape index (κ3) is 1.48. The molecule has 0 aliphatic rings.